The van der Waals surface area contributed by atoms with E-state index in [0.717, 1.165) is 42.8 Å². The van der Waals surface area contributed by atoms with Gasteiger partial charge in [-0.25, -0.2) is 0 Å². The van der Waals surface area contributed by atoms with Crippen LogP contribution in [0.4, 0.5) is 0 Å². The van der Waals surface area contributed by atoms with Gasteiger partial charge in [-0.15, -0.1) is 10.2 Å². The molecule has 1 aromatic heterocycles. The van der Waals surface area contributed by atoms with Crippen LogP contribution in [0.3, 0.4) is 0 Å². The quantitative estimate of drug-likeness (QED) is 0.464. The molecule has 0 aliphatic carbocycles. The second-order valence-corrected chi connectivity index (χ2v) is 10.5. The summed E-state index contributed by atoms with van der Waals surface area (Å²) in [6, 6.07) is 13.4. The molecular formula is C29H31N5O5. The van der Waals surface area contributed by atoms with Crippen LogP contribution in [-0.2, 0) is 22.7 Å². The van der Waals surface area contributed by atoms with Crippen LogP contribution in [0.25, 0.3) is 11.5 Å². The van der Waals surface area contributed by atoms with Crippen molar-refractivity contribution < 1.29 is 23.5 Å². The molecule has 1 unspecified atom stereocenters. The van der Waals surface area contributed by atoms with Crippen LogP contribution in [0.15, 0.2) is 46.9 Å². The molecule has 2 aromatic carbocycles. The molecule has 10 heteroatoms. The molecule has 3 aliphatic heterocycles. The van der Waals surface area contributed by atoms with Crippen LogP contribution in [-0.4, -0.2) is 63.0 Å². The molecule has 10 nitrogen and oxygen atoms in total. The van der Waals surface area contributed by atoms with Gasteiger partial charge in [0.25, 0.3) is 5.91 Å². The molecule has 202 valence electrons. The van der Waals surface area contributed by atoms with Crippen LogP contribution in [0.2, 0.25) is 0 Å². The number of fused-ring (bicyclic) bond motifs is 1. The SMILES string of the molecule is Cc1nnc(-c2ccc(CN3CCCC[C@H]3COc3ccc4c(c3)CN(C3CCC(=O)NC3=O)C4=O)cc2)o1. The molecular weight excluding hydrogens is 498 g/mol. The molecule has 2 atom stereocenters. The van der Waals surface area contributed by atoms with Crippen LogP contribution >= 0.6 is 0 Å². The van der Waals surface area contributed by atoms with Crippen molar-refractivity contribution in [2.24, 2.45) is 0 Å². The highest BCUT2D eigenvalue weighted by Gasteiger charge is 2.39. The topological polar surface area (TPSA) is 118 Å². The van der Waals surface area contributed by atoms with E-state index in [9.17, 15) is 14.4 Å². The Balaban J connectivity index is 1.08. The Labute approximate surface area is 226 Å². The number of imide groups is 1. The van der Waals surface area contributed by atoms with Crippen LogP contribution < -0.4 is 10.1 Å². The maximum Gasteiger partial charge on any atom is 0.255 e. The molecule has 39 heavy (non-hydrogen) atoms. The van der Waals surface area contributed by atoms with Crippen molar-refractivity contribution in [3.63, 3.8) is 0 Å². The number of ether oxygens (including phenoxy) is 1. The summed E-state index contributed by atoms with van der Waals surface area (Å²) < 4.78 is 11.8. The normalized spacial score (nSPS) is 21.7. The maximum absolute atomic E-state index is 13.0. The van der Waals surface area contributed by atoms with Crippen molar-refractivity contribution in [3.8, 4) is 17.2 Å². The van der Waals surface area contributed by atoms with Crippen molar-refractivity contribution in [2.45, 2.75) is 64.2 Å². The summed E-state index contributed by atoms with van der Waals surface area (Å²) in [6.07, 6.45) is 3.98. The smallest absolute Gasteiger partial charge is 0.255 e. The first-order valence-electron chi connectivity index (χ1n) is 13.5. The lowest BCUT2D eigenvalue weighted by Crippen LogP contribution is -2.52. The highest BCUT2D eigenvalue weighted by molar-refractivity contribution is 6.05. The molecule has 0 saturated carbocycles. The minimum atomic E-state index is -0.618. The van der Waals surface area contributed by atoms with Gasteiger partial charge >= 0.3 is 0 Å². The van der Waals surface area contributed by atoms with Gasteiger partial charge in [0, 0.05) is 43.6 Å². The Bertz CT molecular complexity index is 1400. The summed E-state index contributed by atoms with van der Waals surface area (Å²) in [5.41, 5.74) is 3.56. The summed E-state index contributed by atoms with van der Waals surface area (Å²) in [7, 11) is 0. The van der Waals surface area contributed by atoms with Gasteiger partial charge in [-0.3, -0.25) is 24.6 Å². The number of amides is 3. The van der Waals surface area contributed by atoms with Gasteiger partial charge in [-0.2, -0.15) is 0 Å². The predicted octanol–water partition coefficient (Wildman–Crippen LogP) is 3.24. The number of hydrogen-bond acceptors (Lipinski definition) is 8. The Kier molecular flexibility index (Phi) is 6.86. The van der Waals surface area contributed by atoms with E-state index in [-0.39, 0.29) is 24.3 Å². The molecule has 4 heterocycles. The minimum Gasteiger partial charge on any atom is -0.492 e. The fourth-order valence-corrected chi connectivity index (χ4v) is 5.69. The van der Waals surface area contributed by atoms with E-state index in [1.54, 1.807) is 17.9 Å². The van der Waals surface area contributed by atoms with E-state index < -0.39 is 11.9 Å². The van der Waals surface area contributed by atoms with E-state index in [4.69, 9.17) is 9.15 Å². The minimum absolute atomic E-state index is 0.176. The molecule has 2 saturated heterocycles. The van der Waals surface area contributed by atoms with E-state index in [0.29, 0.717) is 36.9 Å². The predicted molar refractivity (Wildman–Crippen MR) is 141 cm³/mol. The van der Waals surface area contributed by atoms with Crippen molar-refractivity contribution in [1.82, 2.24) is 25.3 Å². The number of benzene rings is 2. The Morgan fingerprint density at radius 2 is 1.90 bits per heavy atom. The van der Waals surface area contributed by atoms with Crippen molar-refractivity contribution in [1.29, 1.82) is 0 Å². The van der Waals surface area contributed by atoms with Gasteiger partial charge < -0.3 is 14.1 Å². The highest BCUT2D eigenvalue weighted by Crippen LogP contribution is 2.31. The third kappa shape index (κ3) is 5.29. The van der Waals surface area contributed by atoms with Gasteiger partial charge in [0.05, 0.1) is 0 Å². The number of nitrogens with one attached hydrogen (secondary N) is 1. The lowest BCUT2D eigenvalue weighted by Gasteiger charge is -2.35. The van der Waals surface area contributed by atoms with Crippen LogP contribution in [0, 0.1) is 6.92 Å². The van der Waals surface area contributed by atoms with Crippen LogP contribution in [0.5, 0.6) is 5.75 Å². The summed E-state index contributed by atoms with van der Waals surface area (Å²) in [5.74, 6) is 0.928. The molecule has 1 N–H and O–H groups in total. The Morgan fingerprint density at radius 3 is 2.67 bits per heavy atom. The van der Waals surface area contributed by atoms with Crippen molar-refractivity contribution in [2.75, 3.05) is 13.2 Å². The average molecular weight is 530 g/mol. The number of hydrogen-bond donors (Lipinski definition) is 1. The van der Waals surface area contributed by atoms with E-state index in [1.807, 2.05) is 24.3 Å². The number of nitrogens with zero attached hydrogens (tertiary/aromatic N) is 4. The lowest BCUT2D eigenvalue weighted by molar-refractivity contribution is -0.136. The molecule has 2 fully saturated rings. The first-order chi connectivity index (χ1) is 18.9. The van der Waals surface area contributed by atoms with Gasteiger partial charge in [-0.1, -0.05) is 18.6 Å². The van der Waals surface area contributed by atoms with E-state index in [2.05, 4.69) is 32.5 Å². The molecule has 3 amide bonds. The summed E-state index contributed by atoms with van der Waals surface area (Å²) in [5, 5.41) is 10.3. The maximum atomic E-state index is 13.0. The van der Waals surface area contributed by atoms with E-state index >= 15 is 0 Å². The lowest BCUT2D eigenvalue weighted by atomic mass is 10.0. The Morgan fingerprint density at radius 1 is 1.05 bits per heavy atom. The molecule has 3 aliphatic rings. The monoisotopic (exact) mass is 529 g/mol. The zero-order valence-corrected chi connectivity index (χ0v) is 21.9. The second kappa shape index (κ2) is 10.6. The van der Waals surface area contributed by atoms with Crippen LogP contribution in [0.1, 0.15) is 59.5 Å². The van der Waals surface area contributed by atoms with Gasteiger partial charge in [0.2, 0.25) is 23.6 Å². The zero-order chi connectivity index (χ0) is 26.9. The molecule has 0 spiro atoms. The fraction of sp³-hybridized carbons (Fsp3) is 0.414. The standard InChI is InChI=1S/C29H31N5O5/c1-18-31-32-28(39-18)20-7-5-19(6-8-20)15-33-13-3-2-4-22(33)17-38-23-9-10-24-21(14-23)16-34(29(24)37)25-11-12-26(35)30-27(25)36/h5-10,14,22,25H,2-4,11-13,15-17H2,1H3,(H,30,35,36)/t22-,25?/m0/s1. The number of aryl methyl sites for hydroxylation is 1. The Hall–Kier alpha value is -4.05. The van der Waals surface area contributed by atoms with Gasteiger partial charge in [-0.05, 0) is 67.3 Å². The summed E-state index contributed by atoms with van der Waals surface area (Å²) in [6.45, 7) is 4.52. The number of carbonyl (C=O) groups excluding carboxylic acids is 3. The first-order valence-corrected chi connectivity index (χ1v) is 13.5. The third-order valence-corrected chi connectivity index (χ3v) is 7.80. The number of rotatable bonds is 7. The molecule has 3 aromatic rings. The third-order valence-electron chi connectivity index (χ3n) is 7.80. The number of piperidine rings is 2. The van der Waals surface area contributed by atoms with Gasteiger partial charge in [0.15, 0.2) is 0 Å². The van der Waals surface area contributed by atoms with Gasteiger partial charge in [0.1, 0.15) is 18.4 Å². The zero-order valence-electron chi connectivity index (χ0n) is 21.9. The largest absolute Gasteiger partial charge is 0.492 e. The first kappa shape index (κ1) is 25.2. The van der Waals surface area contributed by atoms with Crippen molar-refractivity contribution in [3.05, 3.63) is 65.0 Å². The molecule has 0 radical (unpaired) electrons. The summed E-state index contributed by atoms with van der Waals surface area (Å²) >= 11 is 0. The average Bonchev–Trinajstić information content (AvgIpc) is 3.51. The van der Waals surface area contributed by atoms with E-state index in [1.165, 1.54) is 12.0 Å². The second-order valence-electron chi connectivity index (χ2n) is 10.5. The number of likely N-dealkylation sites (tertiary alicyclic amines) is 1. The molecule has 0 bridgehead atoms. The highest BCUT2D eigenvalue weighted by atomic mass is 16.5. The number of aromatic nitrogens is 2. The number of carbonyl (C=O) groups is 3. The summed E-state index contributed by atoms with van der Waals surface area (Å²) in [4.78, 5) is 40.8. The van der Waals surface area contributed by atoms with Crippen molar-refractivity contribution >= 4 is 17.7 Å². The fourth-order valence-electron chi connectivity index (χ4n) is 5.69. The molecule has 6 rings (SSSR count).